The number of aromatic carboxylic acids is 1. The van der Waals surface area contributed by atoms with Gasteiger partial charge >= 0.3 is 5.97 Å². The van der Waals surface area contributed by atoms with Crippen molar-refractivity contribution in [3.05, 3.63) is 18.0 Å². The van der Waals surface area contributed by atoms with Gasteiger partial charge in [-0.25, -0.2) is 17.9 Å². The third kappa shape index (κ3) is 3.47. The zero-order chi connectivity index (χ0) is 15.6. The Morgan fingerprint density at radius 1 is 1.48 bits per heavy atom. The molecule has 7 heteroatoms. The molecule has 1 saturated carbocycles. The molecule has 1 aromatic heterocycles. The second kappa shape index (κ2) is 6.19. The molecule has 0 radical (unpaired) electrons. The molecule has 0 unspecified atom stereocenters. The van der Waals surface area contributed by atoms with Crippen molar-refractivity contribution in [3.8, 4) is 0 Å². The van der Waals surface area contributed by atoms with Crippen LogP contribution in [0.1, 0.15) is 50.0 Å². The molecule has 21 heavy (non-hydrogen) atoms. The van der Waals surface area contributed by atoms with E-state index in [4.69, 9.17) is 5.11 Å². The molecular formula is C14H22N2O4S. The smallest absolute Gasteiger partial charge is 0.352 e. The van der Waals surface area contributed by atoms with Crippen LogP contribution in [0.4, 0.5) is 0 Å². The van der Waals surface area contributed by atoms with Crippen LogP contribution in [0.15, 0.2) is 17.2 Å². The molecule has 0 spiro atoms. The molecule has 0 aliphatic heterocycles. The third-order valence-electron chi connectivity index (χ3n) is 4.19. The summed E-state index contributed by atoms with van der Waals surface area (Å²) >= 11 is 0. The highest BCUT2D eigenvalue weighted by molar-refractivity contribution is 7.89. The lowest BCUT2D eigenvalue weighted by Gasteiger charge is -2.19. The Morgan fingerprint density at radius 2 is 2.10 bits per heavy atom. The Labute approximate surface area is 125 Å². The minimum absolute atomic E-state index is 0.00797. The predicted octanol–water partition coefficient (Wildman–Crippen LogP) is 2.06. The van der Waals surface area contributed by atoms with Crippen molar-refractivity contribution in [2.24, 2.45) is 5.92 Å². The summed E-state index contributed by atoms with van der Waals surface area (Å²) in [5.41, 5.74) is -0.00797. The van der Waals surface area contributed by atoms with E-state index in [-0.39, 0.29) is 16.6 Å². The number of rotatable bonds is 6. The van der Waals surface area contributed by atoms with Crippen molar-refractivity contribution in [1.82, 2.24) is 9.29 Å². The maximum Gasteiger partial charge on any atom is 0.352 e. The SMILES string of the molecule is CCn1cc(S(=O)(=O)N[C@@H](C)C2CCCC2)cc1C(=O)O. The van der Waals surface area contributed by atoms with Crippen LogP contribution in [-0.4, -0.2) is 30.1 Å². The number of sulfonamides is 1. The van der Waals surface area contributed by atoms with Crippen molar-refractivity contribution in [1.29, 1.82) is 0 Å². The number of hydrogen-bond donors (Lipinski definition) is 2. The fourth-order valence-electron chi connectivity index (χ4n) is 2.94. The fourth-order valence-corrected chi connectivity index (χ4v) is 4.29. The first kappa shape index (κ1) is 16.0. The summed E-state index contributed by atoms with van der Waals surface area (Å²) in [4.78, 5) is 11.1. The minimum Gasteiger partial charge on any atom is -0.477 e. The summed E-state index contributed by atoms with van der Waals surface area (Å²) < 4.78 is 28.9. The number of carboxylic acids is 1. The van der Waals surface area contributed by atoms with Crippen molar-refractivity contribution in [2.45, 2.75) is 57.0 Å². The average molecular weight is 314 g/mol. The van der Waals surface area contributed by atoms with E-state index in [0.29, 0.717) is 12.5 Å². The van der Waals surface area contributed by atoms with E-state index < -0.39 is 16.0 Å². The molecule has 2 rings (SSSR count). The lowest BCUT2D eigenvalue weighted by molar-refractivity contribution is 0.0685. The number of aryl methyl sites for hydroxylation is 1. The van der Waals surface area contributed by atoms with E-state index in [0.717, 1.165) is 25.7 Å². The number of carboxylic acid groups (broad SMARTS) is 1. The van der Waals surface area contributed by atoms with Gasteiger partial charge in [-0.3, -0.25) is 0 Å². The van der Waals surface area contributed by atoms with Crippen molar-refractivity contribution in [3.63, 3.8) is 0 Å². The normalized spacial score (nSPS) is 18.0. The van der Waals surface area contributed by atoms with E-state index in [9.17, 15) is 13.2 Å². The lowest BCUT2D eigenvalue weighted by atomic mass is 10.0. The van der Waals surface area contributed by atoms with Gasteiger partial charge in [0.1, 0.15) is 10.6 Å². The minimum atomic E-state index is -3.68. The molecule has 0 saturated heterocycles. The topological polar surface area (TPSA) is 88.4 Å². The fraction of sp³-hybridized carbons (Fsp3) is 0.643. The summed E-state index contributed by atoms with van der Waals surface area (Å²) in [7, 11) is -3.68. The largest absolute Gasteiger partial charge is 0.477 e. The molecule has 1 aromatic rings. The molecule has 1 aliphatic rings. The second-order valence-corrected chi connectivity index (χ2v) is 7.32. The second-order valence-electron chi connectivity index (χ2n) is 5.61. The number of aromatic nitrogens is 1. The van der Waals surface area contributed by atoms with E-state index in [1.165, 1.54) is 16.8 Å². The Hall–Kier alpha value is -1.34. The van der Waals surface area contributed by atoms with E-state index in [1.54, 1.807) is 6.92 Å². The maximum atomic E-state index is 12.4. The van der Waals surface area contributed by atoms with E-state index >= 15 is 0 Å². The van der Waals surface area contributed by atoms with Gasteiger partial charge in [-0.15, -0.1) is 0 Å². The Morgan fingerprint density at radius 3 is 2.57 bits per heavy atom. The van der Waals surface area contributed by atoms with Crippen LogP contribution in [0.25, 0.3) is 0 Å². The first-order valence-electron chi connectivity index (χ1n) is 7.31. The van der Waals surface area contributed by atoms with Crippen LogP contribution in [0.2, 0.25) is 0 Å². The number of nitrogens with zero attached hydrogens (tertiary/aromatic N) is 1. The first-order chi connectivity index (χ1) is 9.85. The number of hydrogen-bond acceptors (Lipinski definition) is 3. The average Bonchev–Trinajstić information content (AvgIpc) is 3.07. The first-order valence-corrected chi connectivity index (χ1v) is 8.79. The molecule has 2 N–H and O–H groups in total. The van der Waals surface area contributed by atoms with Crippen molar-refractivity contribution < 1.29 is 18.3 Å². The predicted molar refractivity (Wildman–Crippen MR) is 78.8 cm³/mol. The van der Waals surface area contributed by atoms with Gasteiger partial charge in [0.25, 0.3) is 0 Å². The van der Waals surface area contributed by atoms with Crippen LogP contribution in [-0.2, 0) is 16.6 Å². The monoisotopic (exact) mass is 314 g/mol. The summed E-state index contributed by atoms with van der Waals surface area (Å²) in [5, 5.41) is 9.09. The number of carbonyl (C=O) groups is 1. The standard InChI is InChI=1S/C14H22N2O4S/c1-3-16-9-12(8-13(16)14(17)18)21(19,20)15-10(2)11-6-4-5-7-11/h8-11,15H,3-7H2,1-2H3,(H,17,18)/t10-/m0/s1. The summed E-state index contributed by atoms with van der Waals surface area (Å²) in [5.74, 6) is -0.755. The molecule has 1 fully saturated rings. The Balaban J connectivity index is 2.20. The van der Waals surface area contributed by atoms with Gasteiger partial charge in [0.2, 0.25) is 10.0 Å². The molecular weight excluding hydrogens is 292 g/mol. The van der Waals surface area contributed by atoms with Gasteiger partial charge in [-0.2, -0.15) is 0 Å². The van der Waals surface area contributed by atoms with Gasteiger partial charge in [-0.05, 0) is 38.7 Å². The Kier molecular flexibility index (Phi) is 4.73. The highest BCUT2D eigenvalue weighted by atomic mass is 32.2. The molecule has 1 atom stereocenters. The van der Waals surface area contributed by atoms with E-state index in [2.05, 4.69) is 4.72 Å². The lowest BCUT2D eigenvalue weighted by Crippen LogP contribution is -2.37. The van der Waals surface area contributed by atoms with Crippen LogP contribution < -0.4 is 4.72 Å². The Bertz CT molecular complexity index is 615. The third-order valence-corrected chi connectivity index (χ3v) is 5.72. The molecule has 0 amide bonds. The van der Waals surface area contributed by atoms with E-state index in [1.807, 2.05) is 6.92 Å². The zero-order valence-corrected chi connectivity index (χ0v) is 13.2. The molecule has 1 aliphatic carbocycles. The molecule has 118 valence electrons. The summed E-state index contributed by atoms with van der Waals surface area (Å²) in [6.45, 7) is 4.06. The highest BCUT2D eigenvalue weighted by Crippen LogP contribution is 2.28. The molecule has 6 nitrogen and oxygen atoms in total. The van der Waals surface area contributed by atoms with Gasteiger partial charge in [0.05, 0.1) is 0 Å². The van der Waals surface area contributed by atoms with Gasteiger partial charge in [-0.1, -0.05) is 12.8 Å². The molecule has 0 bridgehead atoms. The van der Waals surface area contributed by atoms with Crippen LogP contribution >= 0.6 is 0 Å². The summed E-state index contributed by atoms with van der Waals surface area (Å²) in [6.07, 6.45) is 5.76. The molecule has 0 aromatic carbocycles. The van der Waals surface area contributed by atoms with Crippen LogP contribution in [0.5, 0.6) is 0 Å². The van der Waals surface area contributed by atoms with Gasteiger partial charge < -0.3 is 9.67 Å². The van der Waals surface area contributed by atoms with Crippen molar-refractivity contribution >= 4 is 16.0 Å². The molecule has 1 heterocycles. The maximum absolute atomic E-state index is 12.4. The van der Waals surface area contributed by atoms with Gasteiger partial charge in [0.15, 0.2) is 0 Å². The highest BCUT2D eigenvalue weighted by Gasteiger charge is 2.27. The quantitative estimate of drug-likeness (QED) is 0.841. The van der Waals surface area contributed by atoms with Crippen molar-refractivity contribution in [2.75, 3.05) is 0 Å². The zero-order valence-electron chi connectivity index (χ0n) is 12.4. The number of nitrogens with one attached hydrogen (secondary N) is 1. The summed E-state index contributed by atoms with van der Waals surface area (Å²) in [6, 6.07) is 1.09. The van der Waals surface area contributed by atoms with Crippen LogP contribution in [0, 0.1) is 5.92 Å². The van der Waals surface area contributed by atoms with Gasteiger partial charge in [0, 0.05) is 18.8 Å². The van der Waals surface area contributed by atoms with Crippen LogP contribution in [0.3, 0.4) is 0 Å².